The molecule has 0 aliphatic carbocycles. The van der Waals surface area contributed by atoms with Crippen LogP contribution in [0.5, 0.6) is 0 Å². The third-order valence-electron chi connectivity index (χ3n) is 5.80. The molecule has 0 fully saturated rings. The van der Waals surface area contributed by atoms with Crippen LogP contribution < -0.4 is 108 Å². The van der Waals surface area contributed by atoms with Crippen molar-refractivity contribution in [2.45, 2.75) is 31.1 Å². The molecule has 0 saturated carbocycles. The summed E-state index contributed by atoms with van der Waals surface area (Å²) >= 11 is 0. The third kappa shape index (κ3) is 8.32. The van der Waals surface area contributed by atoms with Gasteiger partial charge in [0.1, 0.15) is 26.1 Å². The Morgan fingerprint density at radius 1 is 1.05 bits per heavy atom. The number of hydrogen-bond acceptors (Lipinski definition) is 13. The molecule has 0 aliphatic rings. The van der Waals surface area contributed by atoms with Crippen LogP contribution in [-0.2, 0) is 25.7 Å². The second-order valence-corrected chi connectivity index (χ2v) is 12.6. The molecular formula is C23H20K2N8O8S2. The molecule has 5 rings (SSSR count). The van der Waals surface area contributed by atoms with E-state index < -0.39 is 42.3 Å². The molecule has 0 aliphatic heterocycles. The van der Waals surface area contributed by atoms with Gasteiger partial charge in [-0.25, -0.2) is 21.8 Å². The van der Waals surface area contributed by atoms with E-state index in [0.29, 0.717) is 28.0 Å². The molecule has 0 saturated heterocycles. The first-order valence-corrected chi connectivity index (χ1v) is 14.7. The molecule has 0 unspecified atom stereocenters. The first-order valence-electron chi connectivity index (χ1n) is 11.7. The second kappa shape index (κ2) is 13.6. The zero-order valence-electron chi connectivity index (χ0n) is 23.5. The average molecular weight is 679 g/mol. The Morgan fingerprint density at radius 3 is 2.33 bits per heavy atom. The molecule has 5 aromatic rings. The maximum atomic E-state index is 12.1. The van der Waals surface area contributed by atoms with E-state index in [1.807, 2.05) is 26.1 Å². The predicted octanol–water partition coefficient (Wildman–Crippen LogP) is -3.28. The number of benzene rings is 2. The van der Waals surface area contributed by atoms with Crippen LogP contribution in [0.15, 0.2) is 62.1 Å². The maximum Gasteiger partial charge on any atom is 1.00 e. The van der Waals surface area contributed by atoms with E-state index in [-0.39, 0.29) is 126 Å². The standard InChI is InChI=1S/C23H22N8O8S2.2K/c1-23(2,3)18-17(26-27-20-15-9-8-14(41(36,37)38)10-16(15)39-30-20)21-25-19(29-31(21)28-18)12-4-6-13(7-5-12)22(32)24-11-40(33,34)35;;/h4-10,28H,11H2,1-3H3,(H,24,32)(H,33,34,35)(H,36,37,38);;/q;2*+1/p-2. The summed E-state index contributed by atoms with van der Waals surface area (Å²) in [7, 11) is -9.29. The van der Waals surface area contributed by atoms with Gasteiger partial charge in [-0.05, 0) is 24.3 Å². The van der Waals surface area contributed by atoms with Crippen molar-refractivity contribution >= 4 is 54.3 Å². The summed E-state index contributed by atoms with van der Waals surface area (Å²) in [5.41, 5.74) is 1.59. The monoisotopic (exact) mass is 678 g/mol. The fourth-order valence-corrected chi connectivity index (χ4v) is 4.60. The SMILES string of the molecule is CC(C)(C)c1[nH]n2nc(-c3ccc(C(=O)NCS(=O)(=O)[O-])cc3)nc2c1N=Nc1noc2cc(S(=O)(=O)[O-])ccc12.[K+].[K+]. The molecule has 214 valence electrons. The minimum atomic E-state index is -4.68. The average Bonchev–Trinajstić information content (AvgIpc) is 3.57. The van der Waals surface area contributed by atoms with Crippen molar-refractivity contribution in [2.75, 3.05) is 5.88 Å². The fraction of sp³-hybridized carbons (Fsp3) is 0.217. The second-order valence-electron chi connectivity index (χ2n) is 9.86. The Balaban J connectivity index is 0.00000253. The van der Waals surface area contributed by atoms with Crippen molar-refractivity contribution in [3.8, 4) is 11.4 Å². The topological polar surface area (TPSA) is 240 Å². The van der Waals surface area contributed by atoms with Crippen molar-refractivity contribution in [1.29, 1.82) is 0 Å². The van der Waals surface area contributed by atoms with Gasteiger partial charge in [0.05, 0.1) is 16.0 Å². The van der Waals surface area contributed by atoms with E-state index in [0.717, 1.165) is 12.1 Å². The molecule has 0 bridgehead atoms. The zero-order valence-corrected chi connectivity index (χ0v) is 31.4. The number of H-pyrrole nitrogens is 1. The van der Waals surface area contributed by atoms with E-state index in [9.17, 15) is 30.7 Å². The molecule has 3 heterocycles. The normalized spacial score (nSPS) is 12.4. The van der Waals surface area contributed by atoms with Gasteiger partial charge >= 0.3 is 103 Å². The fourth-order valence-electron chi connectivity index (χ4n) is 3.81. The van der Waals surface area contributed by atoms with Gasteiger partial charge in [0.15, 0.2) is 17.1 Å². The van der Waals surface area contributed by atoms with Gasteiger partial charge < -0.3 is 18.9 Å². The number of azo groups is 1. The van der Waals surface area contributed by atoms with Crippen LogP contribution in [0, 0.1) is 0 Å². The Kier molecular flexibility index (Phi) is 11.5. The molecule has 1 amide bonds. The van der Waals surface area contributed by atoms with Gasteiger partial charge in [-0.1, -0.05) is 38.1 Å². The molecule has 3 aromatic heterocycles. The van der Waals surface area contributed by atoms with Gasteiger partial charge in [-0.3, -0.25) is 9.89 Å². The van der Waals surface area contributed by atoms with Crippen LogP contribution in [-0.4, -0.2) is 62.7 Å². The number of aromatic nitrogens is 5. The van der Waals surface area contributed by atoms with E-state index in [1.54, 1.807) is 12.1 Å². The van der Waals surface area contributed by atoms with Gasteiger partial charge in [0, 0.05) is 22.6 Å². The Hall–Kier alpha value is -1.25. The number of carbonyl (C=O) groups excluding carboxylic acids is 1. The van der Waals surface area contributed by atoms with E-state index in [4.69, 9.17) is 4.52 Å². The summed E-state index contributed by atoms with van der Waals surface area (Å²) in [6.45, 7) is 5.82. The molecule has 2 N–H and O–H groups in total. The number of nitrogens with one attached hydrogen (secondary N) is 2. The van der Waals surface area contributed by atoms with Crippen molar-refractivity contribution in [1.82, 2.24) is 30.3 Å². The third-order valence-corrected chi connectivity index (χ3v) is 7.13. The van der Waals surface area contributed by atoms with E-state index in [2.05, 4.69) is 30.6 Å². The van der Waals surface area contributed by atoms with Crippen LogP contribution in [0.1, 0.15) is 36.8 Å². The predicted molar refractivity (Wildman–Crippen MR) is 140 cm³/mol. The molecule has 16 nitrogen and oxygen atoms in total. The maximum absolute atomic E-state index is 12.1. The quantitative estimate of drug-likeness (QED) is 0.0983. The van der Waals surface area contributed by atoms with Gasteiger partial charge in [-0.15, -0.1) is 15.3 Å². The van der Waals surface area contributed by atoms with Gasteiger partial charge in [0.25, 0.3) is 5.91 Å². The Morgan fingerprint density at radius 2 is 1.72 bits per heavy atom. The summed E-state index contributed by atoms with van der Waals surface area (Å²) in [5, 5.41) is 22.3. The van der Waals surface area contributed by atoms with Crippen LogP contribution in [0.2, 0.25) is 0 Å². The number of carbonyl (C=O) groups is 1. The minimum absolute atomic E-state index is 0. The van der Waals surface area contributed by atoms with E-state index >= 15 is 0 Å². The smallest absolute Gasteiger partial charge is 0.747 e. The number of nitrogens with zero attached hydrogens (tertiary/aromatic N) is 6. The van der Waals surface area contributed by atoms with Crippen molar-refractivity contribution in [3.63, 3.8) is 0 Å². The summed E-state index contributed by atoms with van der Waals surface area (Å²) in [6.07, 6.45) is 0. The Bertz CT molecular complexity index is 2060. The molecule has 0 atom stereocenters. The molecule has 0 spiro atoms. The summed E-state index contributed by atoms with van der Waals surface area (Å²) < 4.78 is 72.7. The number of hydrogen-bond donors (Lipinski definition) is 2. The van der Waals surface area contributed by atoms with Crippen LogP contribution in [0.4, 0.5) is 11.5 Å². The first kappa shape index (κ1) is 36.2. The van der Waals surface area contributed by atoms with E-state index in [1.165, 1.54) is 22.8 Å². The minimum Gasteiger partial charge on any atom is -0.747 e. The number of aromatic amines is 1. The van der Waals surface area contributed by atoms with Crippen molar-refractivity contribution in [3.05, 3.63) is 53.7 Å². The largest absolute Gasteiger partial charge is 1.00 e. The Labute approximate surface area is 329 Å². The van der Waals surface area contributed by atoms with Crippen LogP contribution in [0.3, 0.4) is 0 Å². The molecular weight excluding hydrogens is 659 g/mol. The van der Waals surface area contributed by atoms with Crippen molar-refractivity contribution in [2.24, 2.45) is 10.2 Å². The molecule has 20 heteroatoms. The van der Waals surface area contributed by atoms with Crippen molar-refractivity contribution < 1.29 is 138 Å². The van der Waals surface area contributed by atoms with Gasteiger partial charge in [0.2, 0.25) is 11.5 Å². The molecule has 43 heavy (non-hydrogen) atoms. The first-order chi connectivity index (χ1) is 19.1. The molecule has 0 radical (unpaired) electrons. The number of fused-ring (bicyclic) bond motifs is 2. The zero-order chi connectivity index (χ0) is 29.7. The summed E-state index contributed by atoms with van der Waals surface area (Å²) in [4.78, 5) is 16.2. The molecule has 2 aromatic carbocycles. The number of amides is 1. The summed E-state index contributed by atoms with van der Waals surface area (Å²) in [6, 6.07) is 9.50. The van der Waals surface area contributed by atoms with Gasteiger partial charge in [-0.2, -0.15) is 4.63 Å². The van der Waals surface area contributed by atoms with Crippen LogP contribution >= 0.6 is 0 Å². The summed E-state index contributed by atoms with van der Waals surface area (Å²) in [5.74, 6) is -1.43. The number of rotatable bonds is 7. The van der Waals surface area contributed by atoms with Crippen LogP contribution in [0.25, 0.3) is 28.0 Å².